The third-order valence-corrected chi connectivity index (χ3v) is 8.03. The summed E-state index contributed by atoms with van der Waals surface area (Å²) in [5.74, 6) is -1.20. The van der Waals surface area contributed by atoms with Crippen molar-refractivity contribution >= 4 is 34.9 Å². The quantitative estimate of drug-likeness (QED) is 0.257. The largest absolute Gasteiger partial charge is 0.463 e. The first-order chi connectivity index (χ1) is 21.4. The molecule has 13 nitrogen and oxygen atoms in total. The third-order valence-electron chi connectivity index (χ3n) is 8.03. The minimum Gasteiger partial charge on any atom is -0.463 e. The van der Waals surface area contributed by atoms with Crippen LogP contribution in [0.25, 0.3) is 11.2 Å². The van der Waals surface area contributed by atoms with Crippen LogP contribution in [0.4, 0.5) is 5.82 Å². The first kappa shape index (κ1) is 32.3. The topological polar surface area (TPSA) is 153 Å². The van der Waals surface area contributed by atoms with Crippen molar-refractivity contribution in [3.8, 4) is 0 Å². The number of hydrogen-bond donors (Lipinski definition) is 1. The molecule has 3 heterocycles. The minimum atomic E-state index is -1.05. The van der Waals surface area contributed by atoms with Gasteiger partial charge in [-0.3, -0.25) is 19.0 Å². The lowest BCUT2D eigenvalue weighted by atomic mass is 9.87. The number of benzene rings is 1. The number of carbonyl (C=O) groups excluding carboxylic acids is 3. The van der Waals surface area contributed by atoms with Gasteiger partial charge in [0.2, 0.25) is 0 Å². The van der Waals surface area contributed by atoms with Crippen LogP contribution in [0.5, 0.6) is 0 Å². The van der Waals surface area contributed by atoms with Crippen LogP contribution in [0, 0.1) is 0 Å². The summed E-state index contributed by atoms with van der Waals surface area (Å²) in [6.07, 6.45) is 1.78. The number of esters is 3. The molecule has 45 heavy (non-hydrogen) atoms. The lowest BCUT2D eigenvalue weighted by Gasteiger charge is -2.24. The maximum atomic E-state index is 12.1. The molecule has 0 spiro atoms. The average Bonchev–Trinajstić information content (AvgIpc) is 3.68. The zero-order valence-corrected chi connectivity index (χ0v) is 26.5. The van der Waals surface area contributed by atoms with Gasteiger partial charge in [-0.25, -0.2) is 15.0 Å². The molecular formula is C32H41N5O8. The van der Waals surface area contributed by atoms with Gasteiger partial charge in [-0.1, -0.05) is 45.0 Å². The Morgan fingerprint density at radius 1 is 0.956 bits per heavy atom. The van der Waals surface area contributed by atoms with E-state index in [-0.39, 0.29) is 24.2 Å². The summed E-state index contributed by atoms with van der Waals surface area (Å²) < 4.78 is 30.3. The molecular weight excluding hydrogens is 582 g/mol. The van der Waals surface area contributed by atoms with E-state index in [9.17, 15) is 14.4 Å². The van der Waals surface area contributed by atoms with Gasteiger partial charge in [-0.15, -0.1) is 0 Å². The standard InChI is InChI=1S/C32H41N5O8/c1-18(38)41-15-25-27(43-19(2)39)28(44-20(3)40)31(45-25)37-17-35-26-29(33-16-34-30(26)37)36-23-8-7-9-24(23)42-14-21-10-12-22(13-11-21)32(4,5)6/h10-13,16-17,23-25,27-28,31H,7-9,14-15H2,1-6H3,(H,33,34,36)/t23?,24-,25-,27-,28-,31-/m1/s1. The second kappa shape index (κ2) is 13.5. The molecule has 1 unspecified atom stereocenters. The van der Waals surface area contributed by atoms with Gasteiger partial charge in [0.1, 0.15) is 19.0 Å². The number of aromatic nitrogens is 4. The van der Waals surface area contributed by atoms with Gasteiger partial charge in [-0.2, -0.15) is 0 Å². The van der Waals surface area contributed by atoms with Crippen molar-refractivity contribution in [1.29, 1.82) is 0 Å². The fourth-order valence-corrected chi connectivity index (χ4v) is 5.83. The Kier molecular flexibility index (Phi) is 9.68. The number of rotatable bonds is 10. The van der Waals surface area contributed by atoms with Gasteiger partial charge in [0.05, 0.1) is 25.1 Å². The van der Waals surface area contributed by atoms with Crippen LogP contribution < -0.4 is 5.32 Å². The van der Waals surface area contributed by atoms with Crippen LogP contribution >= 0.6 is 0 Å². The van der Waals surface area contributed by atoms with Crippen LogP contribution in [-0.2, 0) is 50.1 Å². The van der Waals surface area contributed by atoms with E-state index in [1.807, 2.05) is 0 Å². The lowest BCUT2D eigenvalue weighted by molar-refractivity contribution is -0.166. The zero-order chi connectivity index (χ0) is 32.3. The maximum Gasteiger partial charge on any atom is 0.303 e. The summed E-state index contributed by atoms with van der Waals surface area (Å²) >= 11 is 0. The smallest absolute Gasteiger partial charge is 0.303 e. The molecule has 2 aliphatic rings. The fourth-order valence-electron chi connectivity index (χ4n) is 5.83. The summed E-state index contributed by atoms with van der Waals surface area (Å²) in [6, 6.07) is 8.57. The van der Waals surface area contributed by atoms with Crippen molar-refractivity contribution in [2.24, 2.45) is 0 Å². The molecule has 1 N–H and O–H groups in total. The highest BCUT2D eigenvalue weighted by Gasteiger charge is 2.51. The summed E-state index contributed by atoms with van der Waals surface area (Å²) in [6.45, 7) is 10.6. The molecule has 2 aromatic heterocycles. The molecule has 6 atom stereocenters. The van der Waals surface area contributed by atoms with Gasteiger partial charge < -0.3 is 29.0 Å². The number of nitrogens with zero attached hydrogens (tertiary/aromatic N) is 4. The molecule has 0 bridgehead atoms. The van der Waals surface area contributed by atoms with E-state index in [1.54, 1.807) is 4.57 Å². The van der Waals surface area contributed by atoms with Crippen LogP contribution in [0.3, 0.4) is 0 Å². The highest BCUT2D eigenvalue weighted by molar-refractivity contribution is 5.83. The second-order valence-electron chi connectivity index (χ2n) is 12.5. The minimum absolute atomic E-state index is 0.0140. The molecule has 2 fully saturated rings. The molecule has 242 valence electrons. The molecule has 1 saturated carbocycles. The Bertz CT molecular complexity index is 1520. The first-order valence-corrected chi connectivity index (χ1v) is 15.2. The normalized spacial score (nSPS) is 24.8. The van der Waals surface area contributed by atoms with E-state index in [1.165, 1.54) is 39.0 Å². The van der Waals surface area contributed by atoms with Gasteiger partial charge in [0, 0.05) is 20.8 Å². The molecule has 13 heteroatoms. The summed E-state index contributed by atoms with van der Waals surface area (Å²) in [4.78, 5) is 49.0. The number of ether oxygens (including phenoxy) is 5. The second-order valence-corrected chi connectivity index (χ2v) is 12.5. The monoisotopic (exact) mass is 623 g/mol. The Morgan fingerprint density at radius 2 is 1.67 bits per heavy atom. The van der Waals surface area contributed by atoms with E-state index in [0.717, 1.165) is 24.8 Å². The van der Waals surface area contributed by atoms with Gasteiger partial charge >= 0.3 is 17.9 Å². The number of anilines is 1. The molecule has 1 aliphatic heterocycles. The Balaban J connectivity index is 1.34. The predicted octanol–water partition coefficient (Wildman–Crippen LogP) is 4.00. The van der Waals surface area contributed by atoms with Crippen molar-refractivity contribution in [3.05, 3.63) is 48.0 Å². The van der Waals surface area contributed by atoms with E-state index < -0.39 is 42.4 Å². The van der Waals surface area contributed by atoms with Crippen LogP contribution in [0.1, 0.15) is 78.2 Å². The van der Waals surface area contributed by atoms with Gasteiger partial charge in [-0.05, 0) is 35.8 Å². The molecule has 5 rings (SSSR count). The van der Waals surface area contributed by atoms with Crippen LogP contribution in [-0.4, -0.2) is 74.5 Å². The van der Waals surface area contributed by atoms with E-state index in [2.05, 4.69) is 65.3 Å². The predicted molar refractivity (Wildman–Crippen MR) is 162 cm³/mol. The average molecular weight is 624 g/mol. The van der Waals surface area contributed by atoms with E-state index in [0.29, 0.717) is 23.6 Å². The zero-order valence-electron chi connectivity index (χ0n) is 26.5. The SMILES string of the molecule is CC(=O)OC[C@H]1O[C@@H](n2cnc3c(NC4CCC[C@H]4OCc4ccc(C(C)(C)C)cc4)ncnc32)[C@H](OC(C)=O)[C@@H]1OC(C)=O. The van der Waals surface area contributed by atoms with Crippen molar-refractivity contribution in [3.63, 3.8) is 0 Å². The van der Waals surface area contributed by atoms with Crippen molar-refractivity contribution in [2.45, 2.75) is 110 Å². The third kappa shape index (κ3) is 7.59. The summed E-state index contributed by atoms with van der Waals surface area (Å²) in [5, 5.41) is 3.52. The molecule has 1 saturated heterocycles. The molecule has 1 aromatic carbocycles. The summed E-state index contributed by atoms with van der Waals surface area (Å²) in [7, 11) is 0. The van der Waals surface area contributed by atoms with Crippen LogP contribution in [0.15, 0.2) is 36.9 Å². The van der Waals surface area contributed by atoms with Gasteiger partial charge in [0.15, 0.2) is 35.4 Å². The Labute approximate surface area is 262 Å². The Hall–Kier alpha value is -4.10. The highest BCUT2D eigenvalue weighted by atomic mass is 16.7. The van der Waals surface area contributed by atoms with Crippen LogP contribution in [0.2, 0.25) is 0 Å². The van der Waals surface area contributed by atoms with Crippen molar-refractivity contribution in [1.82, 2.24) is 19.5 Å². The van der Waals surface area contributed by atoms with E-state index >= 15 is 0 Å². The maximum absolute atomic E-state index is 12.1. The molecule has 3 aromatic rings. The number of carbonyl (C=O) groups is 3. The first-order valence-electron chi connectivity index (χ1n) is 15.2. The van der Waals surface area contributed by atoms with Crippen molar-refractivity contribution in [2.75, 3.05) is 11.9 Å². The Morgan fingerprint density at radius 3 is 2.33 bits per heavy atom. The molecule has 0 radical (unpaired) electrons. The number of fused-ring (bicyclic) bond motifs is 1. The summed E-state index contributed by atoms with van der Waals surface area (Å²) in [5.41, 5.74) is 3.39. The van der Waals surface area contributed by atoms with E-state index in [4.69, 9.17) is 23.7 Å². The molecule has 1 aliphatic carbocycles. The van der Waals surface area contributed by atoms with Gasteiger partial charge in [0.25, 0.3) is 0 Å². The number of imidazole rings is 1. The number of hydrogen-bond acceptors (Lipinski definition) is 12. The van der Waals surface area contributed by atoms with Crippen molar-refractivity contribution < 1.29 is 38.1 Å². The highest BCUT2D eigenvalue weighted by Crippen LogP contribution is 2.37. The number of nitrogens with one attached hydrogen (secondary N) is 1. The fraction of sp³-hybridized carbons (Fsp3) is 0.562. The molecule has 0 amide bonds. The lowest BCUT2D eigenvalue weighted by Crippen LogP contribution is -2.40.